The second-order valence-corrected chi connectivity index (χ2v) is 36.5. The van der Waals surface area contributed by atoms with Gasteiger partial charge in [0.1, 0.15) is 16.1 Å². The first kappa shape index (κ1) is 42.7. The second-order valence-electron chi connectivity index (χ2n) is 20.4. The zero-order valence-corrected chi connectivity index (χ0v) is 44.1. The molecule has 0 N–H and O–H groups in total. The van der Waals surface area contributed by atoms with Gasteiger partial charge in [0.05, 0.1) is 0 Å². The monoisotopic (exact) mass is 962 g/mol. The lowest BCUT2D eigenvalue weighted by atomic mass is 10.1. The van der Waals surface area contributed by atoms with E-state index >= 15 is 0 Å². The third-order valence-electron chi connectivity index (χ3n) is 16.2. The Morgan fingerprint density at radius 3 is 0.771 bits per heavy atom. The molecule has 336 valence electrons. The van der Waals surface area contributed by atoms with Gasteiger partial charge >= 0.3 is 0 Å². The van der Waals surface area contributed by atoms with Crippen molar-refractivity contribution in [3.05, 3.63) is 255 Å². The molecule has 10 aromatic rings. The normalized spacial score (nSPS) is 16.1. The van der Waals surface area contributed by atoms with Crippen molar-refractivity contribution in [1.82, 2.24) is 0 Å². The van der Waals surface area contributed by atoms with E-state index in [0.717, 1.165) is 0 Å². The summed E-state index contributed by atoms with van der Waals surface area (Å²) in [4.78, 5) is 5.18. The molecular formula is C64H54N2Si4. The summed E-state index contributed by atoms with van der Waals surface area (Å²) in [6, 6.07) is 96.4. The van der Waals surface area contributed by atoms with E-state index in [1.807, 2.05) is 0 Å². The maximum atomic E-state index is 2.61. The lowest BCUT2D eigenvalue weighted by molar-refractivity contribution is 1.29. The van der Waals surface area contributed by atoms with Crippen molar-refractivity contribution < 1.29 is 0 Å². The number of hydrogen-bond donors (Lipinski definition) is 0. The number of benzene rings is 10. The van der Waals surface area contributed by atoms with Gasteiger partial charge in [-0.25, -0.2) is 0 Å². The first-order chi connectivity index (χ1) is 34.3. The molecule has 14 rings (SSSR count). The SMILES string of the molecule is C[Si]1(C)c2ccccc2N2c3ccccc3[Si](C)(C)c3cccc1c32.c1ccc([Si]2(c3ccccc3)c3ccccc3N3c4ccccc4[Si](c4ccccc4)(c4ccccc4)c4cccc2c43)cc1. The minimum atomic E-state index is -2.74. The van der Waals surface area contributed by atoms with Crippen molar-refractivity contribution in [2.75, 3.05) is 9.80 Å². The van der Waals surface area contributed by atoms with E-state index in [-0.39, 0.29) is 0 Å². The van der Waals surface area contributed by atoms with E-state index in [1.54, 1.807) is 20.7 Å². The van der Waals surface area contributed by atoms with Crippen molar-refractivity contribution in [3.8, 4) is 0 Å². The zero-order chi connectivity index (χ0) is 47.2. The van der Waals surface area contributed by atoms with Gasteiger partial charge in [-0.1, -0.05) is 257 Å². The van der Waals surface area contributed by atoms with Gasteiger partial charge in [0.15, 0.2) is 16.1 Å². The summed E-state index contributed by atoms with van der Waals surface area (Å²) in [5, 5.41) is 17.8. The Labute approximate surface area is 416 Å². The molecule has 0 unspecified atom stereocenters. The van der Waals surface area contributed by atoms with Crippen LogP contribution in [0.25, 0.3) is 0 Å². The van der Waals surface area contributed by atoms with Crippen molar-refractivity contribution in [2.45, 2.75) is 26.2 Å². The van der Waals surface area contributed by atoms with E-state index < -0.39 is 32.3 Å². The predicted octanol–water partition coefficient (Wildman–Crippen LogP) is 7.97. The van der Waals surface area contributed by atoms with Crippen LogP contribution >= 0.6 is 0 Å². The maximum Gasteiger partial charge on any atom is 0.184 e. The Hall–Kier alpha value is -7.33. The number of hydrogen-bond acceptors (Lipinski definition) is 2. The number of fused-ring (bicyclic) bond motifs is 8. The average molecular weight is 963 g/mol. The molecule has 0 bridgehead atoms. The first-order valence-corrected chi connectivity index (χ1v) is 34.8. The summed E-state index contributed by atoms with van der Waals surface area (Å²) in [6.07, 6.45) is 0. The average Bonchev–Trinajstić information content (AvgIpc) is 3.42. The molecule has 0 radical (unpaired) electrons. The van der Waals surface area contributed by atoms with Crippen molar-refractivity contribution in [2.24, 2.45) is 0 Å². The number of para-hydroxylation sites is 6. The Morgan fingerprint density at radius 1 is 0.214 bits per heavy atom. The van der Waals surface area contributed by atoms with Crippen LogP contribution in [-0.4, -0.2) is 32.3 Å². The fourth-order valence-corrected chi connectivity index (χ4v) is 29.7. The highest BCUT2D eigenvalue weighted by Gasteiger charge is 2.56. The van der Waals surface area contributed by atoms with Crippen LogP contribution in [0.15, 0.2) is 255 Å². The lowest BCUT2D eigenvalue weighted by Crippen LogP contribution is -2.82. The summed E-state index contributed by atoms with van der Waals surface area (Å²) >= 11 is 0. The van der Waals surface area contributed by atoms with Crippen LogP contribution in [-0.2, 0) is 0 Å². The molecule has 6 heteroatoms. The summed E-state index contributed by atoms with van der Waals surface area (Å²) in [5.41, 5.74) is 8.29. The summed E-state index contributed by atoms with van der Waals surface area (Å²) < 4.78 is 0. The van der Waals surface area contributed by atoms with Crippen LogP contribution in [0.2, 0.25) is 26.2 Å². The molecule has 0 fully saturated rings. The molecule has 4 aliphatic heterocycles. The van der Waals surface area contributed by atoms with Crippen LogP contribution in [0.1, 0.15) is 0 Å². The Bertz CT molecular complexity index is 3320. The van der Waals surface area contributed by atoms with Crippen LogP contribution in [0.4, 0.5) is 34.1 Å². The van der Waals surface area contributed by atoms with Crippen LogP contribution in [0.3, 0.4) is 0 Å². The second kappa shape index (κ2) is 16.1. The Morgan fingerprint density at radius 2 is 0.443 bits per heavy atom. The van der Waals surface area contributed by atoms with E-state index in [4.69, 9.17) is 0 Å². The highest BCUT2D eigenvalue weighted by atomic mass is 28.3. The molecule has 2 nitrogen and oxygen atoms in total. The molecule has 0 amide bonds. The topological polar surface area (TPSA) is 6.48 Å². The quantitative estimate of drug-likeness (QED) is 0.166. The van der Waals surface area contributed by atoms with Gasteiger partial charge in [0.2, 0.25) is 0 Å². The van der Waals surface area contributed by atoms with E-state index in [0.29, 0.717) is 0 Å². The minimum absolute atomic E-state index is 1.30. The van der Waals surface area contributed by atoms with E-state index in [1.165, 1.54) is 75.6 Å². The first-order valence-electron chi connectivity index (χ1n) is 24.8. The minimum Gasteiger partial charge on any atom is -0.311 e. The van der Waals surface area contributed by atoms with E-state index in [2.05, 4.69) is 291 Å². The fraction of sp³-hybridized carbons (Fsp3) is 0.0625. The summed E-state index contributed by atoms with van der Waals surface area (Å²) in [6.45, 7) is 10.0. The van der Waals surface area contributed by atoms with Crippen LogP contribution < -0.4 is 72.0 Å². The largest absolute Gasteiger partial charge is 0.311 e. The molecule has 0 atom stereocenters. The molecule has 0 saturated carbocycles. The summed E-state index contributed by atoms with van der Waals surface area (Å²) in [7, 11) is -8.85. The fourth-order valence-electron chi connectivity index (χ4n) is 13.2. The molecule has 10 aromatic carbocycles. The maximum absolute atomic E-state index is 2.74. The Kier molecular flexibility index (Phi) is 9.84. The van der Waals surface area contributed by atoms with Crippen molar-refractivity contribution in [3.63, 3.8) is 0 Å². The number of anilines is 6. The number of nitrogens with zero attached hydrogens (tertiary/aromatic N) is 2. The van der Waals surface area contributed by atoms with Gasteiger partial charge in [-0.2, -0.15) is 0 Å². The summed E-state index contributed by atoms with van der Waals surface area (Å²) in [5.74, 6) is 0. The highest BCUT2D eigenvalue weighted by molar-refractivity contribution is 7.24. The van der Waals surface area contributed by atoms with Crippen LogP contribution in [0, 0.1) is 0 Å². The predicted molar refractivity (Wildman–Crippen MR) is 310 cm³/mol. The molecule has 0 saturated heterocycles. The molecule has 4 aliphatic rings. The number of rotatable bonds is 4. The van der Waals surface area contributed by atoms with Crippen LogP contribution in [0.5, 0.6) is 0 Å². The standard InChI is InChI=1S/C42H31NSi2.C22H23NSi2/c1-5-18-32(19-6-1)44(33-20-7-2-8-21-33)38-28-15-13-26-36(38)43-37-27-14-16-29-39(37)45(34-22-9-3-10-23-34,35-24-11-4-12-25-35)41-31-17-30-40(44)42(41)43;1-24(2)18-12-7-5-10-16(18)23-17-11-6-8-13-19(17)25(3,4)21-15-9-14-20(24)22(21)23/h1-31H;5-15H,1-4H3. The van der Waals surface area contributed by atoms with Gasteiger partial charge in [-0.05, 0) is 86.5 Å². The molecule has 4 heterocycles. The van der Waals surface area contributed by atoms with Gasteiger partial charge in [-0.3, -0.25) is 0 Å². The molecule has 0 aliphatic carbocycles. The van der Waals surface area contributed by atoms with Gasteiger partial charge in [0, 0.05) is 34.1 Å². The lowest BCUT2D eigenvalue weighted by Gasteiger charge is -2.51. The molecule has 70 heavy (non-hydrogen) atoms. The highest BCUT2D eigenvalue weighted by Crippen LogP contribution is 2.43. The molecule has 0 spiro atoms. The van der Waals surface area contributed by atoms with Gasteiger partial charge < -0.3 is 9.80 Å². The van der Waals surface area contributed by atoms with Gasteiger partial charge in [0.25, 0.3) is 0 Å². The molecular weight excluding hydrogens is 909 g/mol. The van der Waals surface area contributed by atoms with Gasteiger partial charge in [-0.15, -0.1) is 0 Å². The van der Waals surface area contributed by atoms with E-state index in [9.17, 15) is 0 Å². The zero-order valence-electron chi connectivity index (χ0n) is 40.1. The smallest absolute Gasteiger partial charge is 0.184 e. The Balaban J connectivity index is 0.000000162. The third-order valence-corrected chi connectivity index (χ3v) is 33.0. The van der Waals surface area contributed by atoms with Crippen molar-refractivity contribution in [1.29, 1.82) is 0 Å². The molecule has 0 aromatic heterocycles. The van der Waals surface area contributed by atoms with Crippen molar-refractivity contribution >= 4 is 129 Å². The third kappa shape index (κ3) is 5.82.